The first kappa shape index (κ1) is 18.9. The number of hydrogen-bond donors (Lipinski definition) is 2. The van der Waals surface area contributed by atoms with Gasteiger partial charge in [0.15, 0.2) is 5.13 Å². The molecule has 1 aliphatic rings. The molecule has 0 aliphatic heterocycles. The third-order valence-corrected chi connectivity index (χ3v) is 5.73. The Labute approximate surface area is 164 Å². The summed E-state index contributed by atoms with van der Waals surface area (Å²) in [6, 6.07) is 5.15. The van der Waals surface area contributed by atoms with E-state index >= 15 is 0 Å². The summed E-state index contributed by atoms with van der Waals surface area (Å²) in [6.07, 6.45) is 4.41. The maximum atomic E-state index is 12.6. The van der Waals surface area contributed by atoms with Crippen molar-refractivity contribution in [3.05, 3.63) is 45.3 Å². The van der Waals surface area contributed by atoms with Crippen LogP contribution in [0, 0.1) is 18.8 Å². The Morgan fingerprint density at radius 2 is 1.92 bits per heavy atom. The van der Waals surface area contributed by atoms with E-state index in [4.69, 9.17) is 23.2 Å². The molecule has 8 heteroatoms. The number of nitrogens with zero attached hydrogens (tertiary/aromatic N) is 1. The summed E-state index contributed by atoms with van der Waals surface area (Å²) in [5.41, 5.74) is 1.40. The van der Waals surface area contributed by atoms with E-state index in [2.05, 4.69) is 10.3 Å². The number of benzene rings is 1. The Hall–Kier alpha value is -1.89. The van der Waals surface area contributed by atoms with Crippen LogP contribution in [0.3, 0.4) is 0 Å². The third kappa shape index (κ3) is 3.92. The zero-order chi connectivity index (χ0) is 18.8. The van der Waals surface area contributed by atoms with Crippen LogP contribution in [0.1, 0.15) is 17.7 Å². The summed E-state index contributed by atoms with van der Waals surface area (Å²) in [5.74, 6) is -2.61. The number of thiazole rings is 1. The number of aryl methyl sites for hydroxylation is 1. The second kappa shape index (κ2) is 7.78. The van der Waals surface area contributed by atoms with Crippen LogP contribution in [0.4, 0.5) is 5.13 Å². The van der Waals surface area contributed by atoms with E-state index in [1.165, 1.54) is 11.3 Å². The van der Waals surface area contributed by atoms with E-state index in [0.717, 1.165) is 10.4 Å². The van der Waals surface area contributed by atoms with Crippen molar-refractivity contribution in [1.29, 1.82) is 0 Å². The summed E-state index contributed by atoms with van der Waals surface area (Å²) < 4.78 is 0. The number of aliphatic carboxylic acids is 1. The molecule has 0 saturated carbocycles. The number of hydrogen-bond acceptors (Lipinski definition) is 4. The number of carboxylic acids is 1. The van der Waals surface area contributed by atoms with Gasteiger partial charge in [0.2, 0.25) is 5.91 Å². The van der Waals surface area contributed by atoms with Crippen molar-refractivity contribution in [1.82, 2.24) is 4.98 Å². The quantitative estimate of drug-likeness (QED) is 0.692. The molecule has 3 rings (SSSR count). The van der Waals surface area contributed by atoms with Crippen LogP contribution < -0.4 is 5.32 Å². The number of anilines is 1. The zero-order valence-electron chi connectivity index (χ0n) is 13.8. The molecule has 0 unspecified atom stereocenters. The number of aromatic nitrogens is 1. The summed E-state index contributed by atoms with van der Waals surface area (Å²) >= 11 is 13.5. The summed E-state index contributed by atoms with van der Waals surface area (Å²) in [5, 5.41) is 13.5. The van der Waals surface area contributed by atoms with Gasteiger partial charge in [-0.1, -0.05) is 35.4 Å². The predicted molar refractivity (Wildman–Crippen MR) is 104 cm³/mol. The van der Waals surface area contributed by atoms with Crippen LogP contribution in [0.25, 0.3) is 11.3 Å². The van der Waals surface area contributed by atoms with Gasteiger partial charge in [0, 0.05) is 15.5 Å². The van der Waals surface area contributed by atoms with Crippen molar-refractivity contribution < 1.29 is 14.7 Å². The van der Waals surface area contributed by atoms with Crippen LogP contribution in [0.5, 0.6) is 0 Å². The van der Waals surface area contributed by atoms with E-state index in [1.807, 2.05) is 13.0 Å². The second-order valence-electron chi connectivity index (χ2n) is 6.03. The number of carbonyl (C=O) groups is 2. The molecular weight excluding hydrogens is 395 g/mol. The summed E-state index contributed by atoms with van der Waals surface area (Å²) in [6.45, 7) is 1.89. The number of carbonyl (C=O) groups excluding carboxylic acids is 1. The minimum atomic E-state index is -0.960. The molecule has 2 aromatic rings. The Morgan fingerprint density at radius 1 is 1.23 bits per heavy atom. The van der Waals surface area contributed by atoms with Gasteiger partial charge in [-0.15, -0.1) is 11.3 Å². The van der Waals surface area contributed by atoms with E-state index in [-0.39, 0.29) is 5.91 Å². The molecule has 1 amide bonds. The number of nitrogens with one attached hydrogen (secondary N) is 1. The molecule has 0 bridgehead atoms. The van der Waals surface area contributed by atoms with E-state index in [1.54, 1.807) is 24.3 Å². The first-order valence-corrected chi connectivity index (χ1v) is 9.55. The van der Waals surface area contributed by atoms with Crippen molar-refractivity contribution in [2.45, 2.75) is 19.8 Å². The molecular formula is C18H16Cl2N2O3S. The van der Waals surface area contributed by atoms with Crippen LogP contribution in [0.2, 0.25) is 10.0 Å². The predicted octanol–water partition coefficient (Wildman–Crippen LogP) is 5.03. The lowest BCUT2D eigenvalue weighted by molar-refractivity contribution is -0.146. The summed E-state index contributed by atoms with van der Waals surface area (Å²) in [4.78, 5) is 29.3. The minimum absolute atomic E-state index is 0.329. The van der Waals surface area contributed by atoms with Gasteiger partial charge in [-0.25, -0.2) is 4.98 Å². The Morgan fingerprint density at radius 3 is 2.58 bits per heavy atom. The maximum Gasteiger partial charge on any atom is 0.307 e. The highest BCUT2D eigenvalue weighted by Gasteiger charge is 2.34. The maximum absolute atomic E-state index is 12.6. The van der Waals surface area contributed by atoms with Crippen molar-refractivity contribution in [3.63, 3.8) is 0 Å². The average molecular weight is 411 g/mol. The van der Waals surface area contributed by atoms with Crippen LogP contribution in [-0.2, 0) is 9.59 Å². The highest BCUT2D eigenvalue weighted by molar-refractivity contribution is 7.16. The smallest absolute Gasteiger partial charge is 0.307 e. The molecule has 0 saturated heterocycles. The van der Waals surface area contributed by atoms with Gasteiger partial charge >= 0.3 is 5.97 Å². The van der Waals surface area contributed by atoms with Crippen molar-refractivity contribution in [3.8, 4) is 11.3 Å². The Balaban J connectivity index is 1.82. The lowest BCUT2D eigenvalue weighted by atomic mass is 9.82. The Kier molecular flexibility index (Phi) is 5.65. The Bertz CT molecular complexity index is 895. The van der Waals surface area contributed by atoms with Gasteiger partial charge in [0.1, 0.15) is 0 Å². The second-order valence-corrected chi connectivity index (χ2v) is 8.08. The molecule has 2 N–H and O–H groups in total. The molecule has 0 radical (unpaired) electrons. The third-order valence-electron chi connectivity index (χ3n) is 4.30. The van der Waals surface area contributed by atoms with Crippen LogP contribution in [-0.4, -0.2) is 22.0 Å². The lowest BCUT2D eigenvalue weighted by Gasteiger charge is -2.23. The fraction of sp³-hybridized carbons (Fsp3) is 0.278. The number of rotatable bonds is 4. The topological polar surface area (TPSA) is 79.3 Å². The number of amides is 1. The monoisotopic (exact) mass is 410 g/mol. The molecule has 0 spiro atoms. The standard InChI is InChI=1S/C18H16Cl2N2O3S/c1-9-15(13-7-6-10(19)8-14(13)20)21-18(26-9)22-16(23)11-4-2-3-5-12(11)17(24)25/h2-3,6-8,11-12H,4-5H2,1H3,(H,24,25)(H,21,22,23)/t11-,12+/m1/s1. The van der Waals surface area contributed by atoms with Gasteiger partial charge in [0.05, 0.1) is 22.6 Å². The molecule has 136 valence electrons. The molecule has 0 fully saturated rings. The minimum Gasteiger partial charge on any atom is -0.481 e. The molecule has 1 aromatic carbocycles. The number of allylic oxidation sites excluding steroid dienone is 2. The molecule has 2 atom stereocenters. The number of halogens is 2. The first-order valence-electron chi connectivity index (χ1n) is 7.98. The average Bonchev–Trinajstić information content (AvgIpc) is 2.94. The van der Waals surface area contributed by atoms with Crippen molar-refractivity contribution >= 4 is 51.5 Å². The highest BCUT2D eigenvalue weighted by atomic mass is 35.5. The number of carboxylic acid groups (broad SMARTS) is 1. The normalized spacial score (nSPS) is 19.3. The highest BCUT2D eigenvalue weighted by Crippen LogP contribution is 2.36. The largest absolute Gasteiger partial charge is 0.481 e. The van der Waals surface area contributed by atoms with E-state index in [0.29, 0.717) is 33.7 Å². The SMILES string of the molecule is Cc1sc(NC(=O)[C@@H]2CC=CC[C@@H]2C(=O)O)nc1-c1ccc(Cl)cc1Cl. The van der Waals surface area contributed by atoms with Gasteiger partial charge in [-0.3, -0.25) is 9.59 Å². The molecule has 1 heterocycles. The van der Waals surface area contributed by atoms with Crippen LogP contribution in [0.15, 0.2) is 30.4 Å². The van der Waals surface area contributed by atoms with Crippen molar-refractivity contribution in [2.24, 2.45) is 11.8 Å². The fourth-order valence-electron chi connectivity index (χ4n) is 2.96. The molecule has 5 nitrogen and oxygen atoms in total. The van der Waals surface area contributed by atoms with Gasteiger partial charge in [0.25, 0.3) is 0 Å². The zero-order valence-corrected chi connectivity index (χ0v) is 16.2. The van der Waals surface area contributed by atoms with Gasteiger partial charge in [-0.2, -0.15) is 0 Å². The van der Waals surface area contributed by atoms with Crippen LogP contribution >= 0.6 is 34.5 Å². The summed E-state index contributed by atoms with van der Waals surface area (Å²) in [7, 11) is 0. The van der Waals surface area contributed by atoms with Gasteiger partial charge in [-0.05, 0) is 38.0 Å². The molecule has 26 heavy (non-hydrogen) atoms. The molecule has 1 aromatic heterocycles. The van der Waals surface area contributed by atoms with E-state index in [9.17, 15) is 14.7 Å². The lowest BCUT2D eigenvalue weighted by Crippen LogP contribution is -2.34. The molecule has 1 aliphatic carbocycles. The van der Waals surface area contributed by atoms with E-state index < -0.39 is 17.8 Å². The van der Waals surface area contributed by atoms with Crippen molar-refractivity contribution in [2.75, 3.05) is 5.32 Å². The first-order chi connectivity index (χ1) is 12.4. The fourth-order valence-corrected chi connectivity index (χ4v) is 4.29. The van der Waals surface area contributed by atoms with Gasteiger partial charge < -0.3 is 10.4 Å².